The third-order valence-corrected chi connectivity index (χ3v) is 3.23. The number of nitrogens with zero attached hydrogens (tertiary/aromatic N) is 2. The van der Waals surface area contributed by atoms with Crippen molar-refractivity contribution in [1.29, 1.82) is 0 Å². The zero-order valence-electron chi connectivity index (χ0n) is 11.2. The Kier molecular flexibility index (Phi) is 3.95. The van der Waals surface area contributed by atoms with Crippen molar-refractivity contribution in [2.45, 2.75) is 25.9 Å². The van der Waals surface area contributed by atoms with Crippen LogP contribution in [0, 0.1) is 11.6 Å². The minimum atomic E-state index is -0.432. The molecule has 0 amide bonds. The van der Waals surface area contributed by atoms with Crippen molar-refractivity contribution in [3.8, 4) is 0 Å². The topological polar surface area (TPSA) is 29.9 Å². The molecule has 0 bridgehead atoms. The Morgan fingerprint density at radius 2 is 1.89 bits per heavy atom. The molecule has 0 saturated heterocycles. The SMILES string of the molecule is CC(NC(C)c1ccnn1C)c1cc(F)ccc1F. The molecule has 0 aliphatic rings. The van der Waals surface area contributed by atoms with Crippen molar-refractivity contribution in [2.75, 3.05) is 0 Å². The zero-order chi connectivity index (χ0) is 14.0. The molecular formula is C14H17F2N3. The summed E-state index contributed by atoms with van der Waals surface area (Å²) in [5.41, 5.74) is 1.32. The molecular weight excluding hydrogens is 248 g/mol. The summed E-state index contributed by atoms with van der Waals surface area (Å²) in [5, 5.41) is 7.33. The number of aromatic nitrogens is 2. The molecule has 0 fully saturated rings. The van der Waals surface area contributed by atoms with Gasteiger partial charge in [0.25, 0.3) is 0 Å². The summed E-state index contributed by atoms with van der Waals surface area (Å²) in [5.74, 6) is -0.836. The van der Waals surface area contributed by atoms with Gasteiger partial charge in [0.05, 0.1) is 5.69 Å². The Morgan fingerprint density at radius 1 is 1.16 bits per heavy atom. The van der Waals surface area contributed by atoms with E-state index in [4.69, 9.17) is 0 Å². The van der Waals surface area contributed by atoms with Crippen molar-refractivity contribution in [1.82, 2.24) is 15.1 Å². The molecule has 0 aliphatic heterocycles. The molecule has 0 saturated carbocycles. The average molecular weight is 265 g/mol. The van der Waals surface area contributed by atoms with Gasteiger partial charge in [-0.25, -0.2) is 8.78 Å². The fraction of sp³-hybridized carbons (Fsp3) is 0.357. The predicted octanol–water partition coefficient (Wildman–Crippen LogP) is 3.11. The lowest BCUT2D eigenvalue weighted by atomic mass is 10.1. The Hall–Kier alpha value is -1.75. The van der Waals surface area contributed by atoms with Gasteiger partial charge in [0.1, 0.15) is 11.6 Å². The second kappa shape index (κ2) is 5.48. The van der Waals surface area contributed by atoms with Crippen LogP contribution in [0.2, 0.25) is 0 Å². The van der Waals surface area contributed by atoms with E-state index in [9.17, 15) is 8.78 Å². The maximum Gasteiger partial charge on any atom is 0.128 e. The summed E-state index contributed by atoms with van der Waals surface area (Å²) in [6.07, 6.45) is 1.71. The molecule has 19 heavy (non-hydrogen) atoms. The minimum absolute atomic E-state index is 0.00910. The van der Waals surface area contributed by atoms with Crippen LogP contribution >= 0.6 is 0 Å². The van der Waals surface area contributed by atoms with Crippen LogP contribution in [-0.2, 0) is 7.05 Å². The molecule has 2 unspecified atom stereocenters. The summed E-state index contributed by atoms with van der Waals surface area (Å²) in [4.78, 5) is 0. The highest BCUT2D eigenvalue weighted by molar-refractivity contribution is 5.22. The highest BCUT2D eigenvalue weighted by Gasteiger charge is 2.16. The van der Waals surface area contributed by atoms with E-state index in [2.05, 4.69) is 10.4 Å². The number of benzene rings is 1. The van der Waals surface area contributed by atoms with E-state index in [0.717, 1.165) is 17.8 Å². The molecule has 2 rings (SSSR count). The molecule has 5 heteroatoms. The van der Waals surface area contributed by atoms with Crippen LogP contribution in [0.25, 0.3) is 0 Å². The molecule has 1 N–H and O–H groups in total. The highest BCUT2D eigenvalue weighted by atomic mass is 19.1. The fourth-order valence-electron chi connectivity index (χ4n) is 2.21. The highest BCUT2D eigenvalue weighted by Crippen LogP contribution is 2.21. The number of halogens is 2. The van der Waals surface area contributed by atoms with E-state index in [1.165, 1.54) is 6.07 Å². The summed E-state index contributed by atoms with van der Waals surface area (Å²) >= 11 is 0. The van der Waals surface area contributed by atoms with Gasteiger partial charge in [0.2, 0.25) is 0 Å². The molecule has 1 aromatic carbocycles. The lowest BCUT2D eigenvalue weighted by Crippen LogP contribution is -2.25. The summed E-state index contributed by atoms with van der Waals surface area (Å²) < 4.78 is 28.6. The molecule has 1 aromatic heterocycles. The smallest absolute Gasteiger partial charge is 0.128 e. The van der Waals surface area contributed by atoms with Gasteiger partial charge in [-0.1, -0.05) is 0 Å². The van der Waals surface area contributed by atoms with Crippen LogP contribution in [0.4, 0.5) is 8.78 Å². The summed E-state index contributed by atoms with van der Waals surface area (Å²) in [7, 11) is 1.85. The van der Waals surface area contributed by atoms with Crippen molar-refractivity contribution in [2.24, 2.45) is 7.05 Å². The van der Waals surface area contributed by atoms with Gasteiger partial charge < -0.3 is 5.32 Å². The van der Waals surface area contributed by atoms with E-state index >= 15 is 0 Å². The van der Waals surface area contributed by atoms with Gasteiger partial charge in [-0.3, -0.25) is 4.68 Å². The lowest BCUT2D eigenvalue weighted by molar-refractivity contribution is 0.451. The maximum absolute atomic E-state index is 13.7. The van der Waals surface area contributed by atoms with Gasteiger partial charge in [-0.2, -0.15) is 5.10 Å². The van der Waals surface area contributed by atoms with Crippen LogP contribution < -0.4 is 5.32 Å². The molecule has 102 valence electrons. The first-order valence-corrected chi connectivity index (χ1v) is 6.18. The van der Waals surface area contributed by atoms with Gasteiger partial charge in [-0.05, 0) is 38.1 Å². The Morgan fingerprint density at radius 3 is 2.53 bits per heavy atom. The fourth-order valence-corrected chi connectivity index (χ4v) is 2.21. The van der Waals surface area contributed by atoms with Crippen molar-refractivity contribution < 1.29 is 8.78 Å². The average Bonchev–Trinajstić information content (AvgIpc) is 2.78. The first-order valence-electron chi connectivity index (χ1n) is 6.18. The molecule has 0 aliphatic carbocycles. The molecule has 3 nitrogen and oxygen atoms in total. The monoisotopic (exact) mass is 265 g/mol. The number of hydrogen-bond acceptors (Lipinski definition) is 2. The number of rotatable bonds is 4. The summed E-state index contributed by atoms with van der Waals surface area (Å²) in [6.45, 7) is 3.77. The number of aryl methyl sites for hydroxylation is 1. The van der Waals surface area contributed by atoms with Crippen molar-refractivity contribution in [3.05, 3.63) is 53.4 Å². The normalized spacial score (nSPS) is 14.4. The molecule has 2 aromatic rings. The van der Waals surface area contributed by atoms with Gasteiger partial charge >= 0.3 is 0 Å². The van der Waals surface area contributed by atoms with Crippen LogP contribution in [0.1, 0.15) is 37.2 Å². The largest absolute Gasteiger partial charge is 0.302 e. The second-order valence-electron chi connectivity index (χ2n) is 4.66. The van der Waals surface area contributed by atoms with E-state index in [0.29, 0.717) is 5.56 Å². The quantitative estimate of drug-likeness (QED) is 0.920. The van der Waals surface area contributed by atoms with E-state index in [1.54, 1.807) is 10.9 Å². The predicted molar refractivity (Wildman–Crippen MR) is 69.5 cm³/mol. The van der Waals surface area contributed by atoms with Crippen LogP contribution in [0.15, 0.2) is 30.5 Å². The zero-order valence-corrected chi connectivity index (χ0v) is 11.2. The maximum atomic E-state index is 13.7. The van der Waals surface area contributed by atoms with Gasteiger partial charge in [0, 0.05) is 30.9 Å². The van der Waals surface area contributed by atoms with E-state index in [1.807, 2.05) is 27.0 Å². The van der Waals surface area contributed by atoms with Crippen LogP contribution in [0.5, 0.6) is 0 Å². The van der Waals surface area contributed by atoms with Crippen molar-refractivity contribution >= 4 is 0 Å². The first-order chi connectivity index (χ1) is 8.99. The molecule has 0 spiro atoms. The van der Waals surface area contributed by atoms with E-state index in [-0.39, 0.29) is 12.1 Å². The third-order valence-electron chi connectivity index (χ3n) is 3.23. The third kappa shape index (κ3) is 2.98. The van der Waals surface area contributed by atoms with Gasteiger partial charge in [-0.15, -0.1) is 0 Å². The Bertz CT molecular complexity index is 566. The molecule has 1 heterocycles. The molecule has 2 atom stereocenters. The number of nitrogens with one attached hydrogen (secondary N) is 1. The van der Waals surface area contributed by atoms with Gasteiger partial charge in [0.15, 0.2) is 0 Å². The van der Waals surface area contributed by atoms with Crippen LogP contribution in [-0.4, -0.2) is 9.78 Å². The molecule has 0 radical (unpaired) electrons. The van der Waals surface area contributed by atoms with Crippen LogP contribution in [0.3, 0.4) is 0 Å². The van der Waals surface area contributed by atoms with Crippen molar-refractivity contribution in [3.63, 3.8) is 0 Å². The number of hydrogen-bond donors (Lipinski definition) is 1. The minimum Gasteiger partial charge on any atom is -0.302 e. The lowest BCUT2D eigenvalue weighted by Gasteiger charge is -2.21. The Balaban J connectivity index is 2.15. The first kappa shape index (κ1) is 13.7. The van der Waals surface area contributed by atoms with E-state index < -0.39 is 11.6 Å². The summed E-state index contributed by atoms with van der Waals surface area (Å²) in [6, 6.07) is 5.09. The second-order valence-corrected chi connectivity index (χ2v) is 4.66. The Labute approximate surface area is 111 Å². The standard InChI is InChI=1S/C14H17F2N3/c1-9(12-8-11(15)4-5-13(12)16)18-10(2)14-6-7-17-19(14)3/h4-10,18H,1-3H3.